The summed E-state index contributed by atoms with van der Waals surface area (Å²) in [5, 5.41) is 4.88. The number of aromatic nitrogens is 3. The molecule has 0 amide bonds. The third kappa shape index (κ3) is 5.33. The summed E-state index contributed by atoms with van der Waals surface area (Å²) in [6.07, 6.45) is -1.92. The van der Waals surface area contributed by atoms with E-state index >= 15 is 0 Å². The minimum absolute atomic E-state index is 0.0878. The van der Waals surface area contributed by atoms with Gasteiger partial charge >= 0.3 is 6.36 Å². The van der Waals surface area contributed by atoms with E-state index in [4.69, 9.17) is 9.84 Å². The zero-order valence-corrected chi connectivity index (χ0v) is 21.2. The van der Waals surface area contributed by atoms with Crippen LogP contribution in [0.4, 0.5) is 19.0 Å². The van der Waals surface area contributed by atoms with E-state index < -0.39 is 6.36 Å². The lowest BCUT2D eigenvalue weighted by Gasteiger charge is -2.45. The molecule has 2 fully saturated rings. The van der Waals surface area contributed by atoms with Gasteiger partial charge in [-0.15, -0.1) is 13.2 Å². The molecule has 200 valence electrons. The summed E-state index contributed by atoms with van der Waals surface area (Å²) < 4.78 is 51.2. The van der Waals surface area contributed by atoms with E-state index in [-0.39, 0.29) is 29.6 Å². The number of halogens is 3. The van der Waals surface area contributed by atoms with Crippen LogP contribution in [0.25, 0.3) is 11.0 Å². The number of anilines is 1. The molecule has 5 rings (SSSR count). The van der Waals surface area contributed by atoms with Crippen LogP contribution in [-0.2, 0) is 18.3 Å². The molecule has 2 aliphatic rings. The van der Waals surface area contributed by atoms with Gasteiger partial charge in [0.25, 0.3) is 5.56 Å². The second kappa shape index (κ2) is 10.0. The fraction of sp³-hybridized carbons (Fsp3) is 0.538. The van der Waals surface area contributed by atoms with E-state index in [1.807, 2.05) is 4.68 Å². The van der Waals surface area contributed by atoms with Gasteiger partial charge in [-0.3, -0.25) is 9.69 Å². The molecule has 1 unspecified atom stereocenters. The first-order valence-corrected chi connectivity index (χ1v) is 12.7. The van der Waals surface area contributed by atoms with Crippen LogP contribution in [0.1, 0.15) is 44.9 Å². The molecule has 11 heteroatoms. The summed E-state index contributed by atoms with van der Waals surface area (Å²) in [5.74, 6) is 0.674. The van der Waals surface area contributed by atoms with Gasteiger partial charge in [0.05, 0.1) is 0 Å². The Kier molecular flexibility index (Phi) is 6.93. The van der Waals surface area contributed by atoms with Gasteiger partial charge in [-0.2, -0.15) is 5.10 Å². The first kappa shape index (κ1) is 25.6. The fourth-order valence-electron chi connectivity index (χ4n) is 5.37. The van der Waals surface area contributed by atoms with Crippen molar-refractivity contribution in [3.8, 4) is 5.75 Å². The normalized spacial score (nSPS) is 23.5. The Balaban J connectivity index is 1.40. The molecule has 0 N–H and O–H groups in total. The number of ether oxygens (including phenoxy) is 2. The zero-order chi connectivity index (χ0) is 26.3. The van der Waals surface area contributed by atoms with Crippen LogP contribution >= 0.6 is 0 Å². The number of fused-ring (bicyclic) bond motifs is 1. The summed E-state index contributed by atoms with van der Waals surface area (Å²) in [7, 11) is 1.78. The number of nitrogens with zero attached hydrogens (tertiary/aromatic N) is 5. The lowest BCUT2D eigenvalue weighted by atomic mass is 10.1. The SMILES string of the molecule is C[C@@H]1CN(c2c3c(ccc(=O)n3C)nn2C2CCCCO2)[C@@H](C)CN1Cc1ccc(OC(F)(F)F)cc1. The minimum Gasteiger partial charge on any atom is -0.406 e. The Bertz CT molecular complexity index is 1300. The highest BCUT2D eigenvalue weighted by Crippen LogP contribution is 2.35. The number of rotatable bonds is 5. The molecule has 0 aliphatic carbocycles. The third-order valence-electron chi connectivity index (χ3n) is 7.29. The lowest BCUT2D eigenvalue weighted by Crippen LogP contribution is -2.56. The fourth-order valence-corrected chi connectivity index (χ4v) is 5.37. The zero-order valence-electron chi connectivity index (χ0n) is 21.2. The van der Waals surface area contributed by atoms with Crippen LogP contribution < -0.4 is 15.2 Å². The number of benzene rings is 1. The Hall–Kier alpha value is -3.05. The second-order valence-corrected chi connectivity index (χ2v) is 10.0. The predicted octanol–water partition coefficient (Wildman–Crippen LogP) is 4.43. The Morgan fingerprint density at radius 1 is 1.05 bits per heavy atom. The Morgan fingerprint density at radius 2 is 1.81 bits per heavy atom. The van der Waals surface area contributed by atoms with Crippen molar-refractivity contribution in [2.75, 3.05) is 24.6 Å². The molecule has 2 saturated heterocycles. The average molecular weight is 520 g/mol. The maximum Gasteiger partial charge on any atom is 0.573 e. The summed E-state index contributed by atoms with van der Waals surface area (Å²) >= 11 is 0. The highest BCUT2D eigenvalue weighted by atomic mass is 19.4. The van der Waals surface area contributed by atoms with Crippen LogP contribution in [0.5, 0.6) is 5.75 Å². The third-order valence-corrected chi connectivity index (χ3v) is 7.29. The van der Waals surface area contributed by atoms with E-state index in [0.717, 1.165) is 48.2 Å². The predicted molar refractivity (Wildman–Crippen MR) is 134 cm³/mol. The largest absolute Gasteiger partial charge is 0.573 e. The quantitative estimate of drug-likeness (QED) is 0.497. The molecule has 1 aromatic carbocycles. The van der Waals surface area contributed by atoms with Gasteiger partial charge < -0.3 is 18.9 Å². The van der Waals surface area contributed by atoms with Gasteiger partial charge in [-0.25, -0.2) is 4.68 Å². The molecule has 2 aliphatic heterocycles. The van der Waals surface area contributed by atoms with Crippen molar-refractivity contribution in [1.82, 2.24) is 19.2 Å². The molecule has 0 radical (unpaired) electrons. The lowest BCUT2D eigenvalue weighted by molar-refractivity contribution is -0.274. The standard InChI is InChI=1S/C26H32F3N5O3/c1-17-15-33(18(2)14-32(17)16-19-7-9-20(10-8-19)37-26(27,28)29)25-24-21(11-12-22(35)31(24)3)30-34(25)23-6-4-5-13-36-23/h7-12,17-18,23H,4-6,13-16H2,1-3H3/t17-,18+,23?/m1/s1. The van der Waals surface area contributed by atoms with E-state index in [0.29, 0.717) is 19.7 Å². The average Bonchev–Trinajstić information content (AvgIpc) is 3.24. The Morgan fingerprint density at radius 3 is 2.49 bits per heavy atom. The molecule has 2 aromatic heterocycles. The molecule has 0 saturated carbocycles. The van der Waals surface area contributed by atoms with E-state index in [1.165, 1.54) is 12.1 Å². The molecule has 0 spiro atoms. The molecule has 8 nitrogen and oxygen atoms in total. The van der Waals surface area contributed by atoms with Crippen molar-refractivity contribution in [3.63, 3.8) is 0 Å². The van der Waals surface area contributed by atoms with E-state index in [9.17, 15) is 18.0 Å². The van der Waals surface area contributed by atoms with Crippen LogP contribution in [0.3, 0.4) is 0 Å². The van der Waals surface area contributed by atoms with Crippen molar-refractivity contribution >= 4 is 16.9 Å². The molecule has 37 heavy (non-hydrogen) atoms. The smallest absolute Gasteiger partial charge is 0.406 e. The highest BCUT2D eigenvalue weighted by molar-refractivity contribution is 5.87. The van der Waals surface area contributed by atoms with Gasteiger partial charge in [0, 0.05) is 51.4 Å². The van der Waals surface area contributed by atoms with Gasteiger partial charge in [0.1, 0.15) is 16.8 Å². The number of hydrogen-bond donors (Lipinski definition) is 0. The van der Waals surface area contributed by atoms with Crippen LogP contribution in [-0.4, -0.2) is 57.4 Å². The van der Waals surface area contributed by atoms with Crippen molar-refractivity contribution in [2.24, 2.45) is 7.05 Å². The minimum atomic E-state index is -4.70. The highest BCUT2D eigenvalue weighted by Gasteiger charge is 2.35. The maximum absolute atomic E-state index is 12.6. The number of hydrogen-bond acceptors (Lipinski definition) is 6. The number of pyridine rings is 1. The maximum atomic E-state index is 12.6. The van der Waals surface area contributed by atoms with Crippen LogP contribution in [0.2, 0.25) is 0 Å². The first-order valence-electron chi connectivity index (χ1n) is 12.7. The number of aryl methyl sites for hydroxylation is 1. The van der Waals surface area contributed by atoms with Gasteiger partial charge in [-0.05, 0) is 56.9 Å². The van der Waals surface area contributed by atoms with Crippen molar-refractivity contribution < 1.29 is 22.6 Å². The number of alkyl halides is 3. The van der Waals surface area contributed by atoms with Gasteiger partial charge in [0.2, 0.25) is 0 Å². The molecule has 4 heterocycles. The monoisotopic (exact) mass is 519 g/mol. The molecule has 3 aromatic rings. The molecule has 0 bridgehead atoms. The van der Waals surface area contributed by atoms with Crippen molar-refractivity contribution in [2.45, 2.75) is 64.3 Å². The van der Waals surface area contributed by atoms with Crippen LogP contribution in [0.15, 0.2) is 41.2 Å². The molecular formula is C26H32F3N5O3. The molecule has 3 atom stereocenters. The first-order chi connectivity index (χ1) is 17.6. The summed E-state index contributed by atoms with van der Waals surface area (Å²) in [6, 6.07) is 9.60. The van der Waals surface area contributed by atoms with Crippen molar-refractivity contribution in [1.29, 1.82) is 0 Å². The second-order valence-electron chi connectivity index (χ2n) is 10.0. The summed E-state index contributed by atoms with van der Waals surface area (Å²) in [5.41, 5.74) is 2.38. The van der Waals surface area contributed by atoms with E-state index in [2.05, 4.69) is 28.4 Å². The van der Waals surface area contributed by atoms with Gasteiger partial charge in [-0.1, -0.05) is 12.1 Å². The topological polar surface area (TPSA) is 64.8 Å². The summed E-state index contributed by atoms with van der Waals surface area (Å²) in [6.45, 7) is 7.01. The van der Waals surface area contributed by atoms with Gasteiger partial charge in [0.15, 0.2) is 12.0 Å². The molecular weight excluding hydrogens is 487 g/mol. The number of piperazine rings is 1. The summed E-state index contributed by atoms with van der Waals surface area (Å²) in [4.78, 5) is 17.2. The van der Waals surface area contributed by atoms with E-state index in [1.54, 1.807) is 35.9 Å². The van der Waals surface area contributed by atoms with Crippen LogP contribution in [0, 0.1) is 0 Å². The van der Waals surface area contributed by atoms with Crippen molar-refractivity contribution in [3.05, 3.63) is 52.3 Å². The Labute approximate surface area is 213 Å².